The molecule has 0 aromatic heterocycles. The third-order valence-corrected chi connectivity index (χ3v) is 4.98. The summed E-state index contributed by atoms with van der Waals surface area (Å²) in [4.78, 5) is 9.00. The summed E-state index contributed by atoms with van der Waals surface area (Å²) in [6, 6.07) is 12.5. The number of hydrogen-bond donors (Lipinski definition) is 6. The molecule has 7 N–H and O–H groups in total. The van der Waals surface area contributed by atoms with Crippen molar-refractivity contribution in [3.8, 4) is 5.75 Å². The molecular weight excluding hydrogens is 452 g/mol. The van der Waals surface area contributed by atoms with Crippen LogP contribution in [0, 0.1) is 0 Å². The predicted octanol–water partition coefficient (Wildman–Crippen LogP) is 2.97. The number of aliphatic hydroxyl groups excluding tert-OH is 2. The van der Waals surface area contributed by atoms with Crippen LogP contribution in [0.1, 0.15) is 55.4 Å². The third kappa shape index (κ3) is 15.0. The van der Waals surface area contributed by atoms with Gasteiger partial charge < -0.3 is 41.0 Å². The number of nitrogens with one attached hydrogen (secondary N) is 1. The van der Waals surface area contributed by atoms with Crippen LogP contribution in [0.3, 0.4) is 0 Å². The molecule has 196 valence electrons. The molecule has 0 bridgehead atoms. The van der Waals surface area contributed by atoms with Crippen molar-refractivity contribution in [3.05, 3.63) is 59.2 Å². The standard InChI is InChI=1S/C24H36N2O5.C2H4O2/c25-22-7-5-6-19(14-22)18-31-13-12-30-11-4-2-1-3-10-26-16-24(29)20-8-9-23(28)21(15-20)17-27;1-2(3)4/h5-9,14-15,24,26-29H,1-4,10-13,16-18,25H2;1H3,(H,3,4)/t24-;/m0./s1. The van der Waals surface area contributed by atoms with Gasteiger partial charge in [0.1, 0.15) is 5.75 Å². The van der Waals surface area contributed by atoms with Crippen LogP contribution < -0.4 is 11.1 Å². The van der Waals surface area contributed by atoms with E-state index in [-0.39, 0.29) is 12.4 Å². The van der Waals surface area contributed by atoms with E-state index < -0.39 is 12.1 Å². The number of ether oxygens (including phenoxy) is 2. The van der Waals surface area contributed by atoms with Gasteiger partial charge in [0.15, 0.2) is 0 Å². The summed E-state index contributed by atoms with van der Waals surface area (Å²) in [5, 5.41) is 39.6. The first-order valence-electron chi connectivity index (χ1n) is 11.8. The first-order chi connectivity index (χ1) is 16.8. The number of anilines is 1. The largest absolute Gasteiger partial charge is 0.508 e. The maximum Gasteiger partial charge on any atom is 0.300 e. The zero-order valence-corrected chi connectivity index (χ0v) is 20.5. The van der Waals surface area contributed by atoms with Crippen molar-refractivity contribution in [2.75, 3.05) is 38.6 Å². The Labute approximate surface area is 207 Å². The van der Waals surface area contributed by atoms with E-state index in [9.17, 15) is 15.3 Å². The lowest BCUT2D eigenvalue weighted by atomic mass is 10.1. The van der Waals surface area contributed by atoms with Crippen LogP contribution in [0.5, 0.6) is 5.75 Å². The molecule has 1 atom stereocenters. The van der Waals surface area contributed by atoms with E-state index in [4.69, 9.17) is 25.1 Å². The zero-order chi connectivity index (χ0) is 25.9. The van der Waals surface area contributed by atoms with Gasteiger partial charge in [0.25, 0.3) is 5.97 Å². The summed E-state index contributed by atoms with van der Waals surface area (Å²) >= 11 is 0. The number of aliphatic carboxylic acids is 1. The molecule has 0 aliphatic heterocycles. The Morgan fingerprint density at radius 2 is 1.74 bits per heavy atom. The van der Waals surface area contributed by atoms with Gasteiger partial charge in [0.05, 0.1) is 32.5 Å². The van der Waals surface area contributed by atoms with E-state index in [0.717, 1.165) is 57.0 Å². The number of aliphatic hydroxyl groups is 2. The third-order valence-electron chi connectivity index (χ3n) is 4.98. The molecule has 0 spiro atoms. The first kappa shape index (κ1) is 30.3. The minimum absolute atomic E-state index is 0.0423. The fourth-order valence-electron chi connectivity index (χ4n) is 3.20. The van der Waals surface area contributed by atoms with Gasteiger partial charge >= 0.3 is 0 Å². The minimum Gasteiger partial charge on any atom is -0.508 e. The monoisotopic (exact) mass is 492 g/mol. The Morgan fingerprint density at radius 1 is 1.03 bits per heavy atom. The smallest absolute Gasteiger partial charge is 0.300 e. The number of unbranched alkanes of at least 4 members (excludes halogenated alkanes) is 3. The van der Waals surface area contributed by atoms with E-state index >= 15 is 0 Å². The van der Waals surface area contributed by atoms with Crippen molar-refractivity contribution in [2.24, 2.45) is 0 Å². The molecule has 2 aromatic carbocycles. The van der Waals surface area contributed by atoms with Crippen LogP contribution >= 0.6 is 0 Å². The van der Waals surface area contributed by atoms with E-state index in [0.29, 0.717) is 37.5 Å². The highest BCUT2D eigenvalue weighted by molar-refractivity contribution is 5.62. The van der Waals surface area contributed by atoms with E-state index in [1.807, 2.05) is 24.3 Å². The maximum atomic E-state index is 10.2. The van der Waals surface area contributed by atoms with Gasteiger partial charge in [-0.15, -0.1) is 0 Å². The van der Waals surface area contributed by atoms with Crippen LogP contribution in [0.4, 0.5) is 5.69 Å². The highest BCUT2D eigenvalue weighted by Crippen LogP contribution is 2.22. The number of carbonyl (C=O) groups is 1. The molecule has 0 aliphatic carbocycles. The number of aromatic hydroxyl groups is 1. The summed E-state index contributed by atoms with van der Waals surface area (Å²) in [7, 11) is 0. The van der Waals surface area contributed by atoms with Crippen LogP contribution in [0.25, 0.3) is 0 Å². The summed E-state index contributed by atoms with van der Waals surface area (Å²) in [6.07, 6.45) is 3.60. The molecule has 0 saturated heterocycles. The SMILES string of the molecule is CC(=O)O.Nc1cccc(COCCOCCCCCCNC[C@H](O)c2ccc(O)c(CO)c2)c1. The number of benzene rings is 2. The Morgan fingerprint density at radius 3 is 2.46 bits per heavy atom. The minimum atomic E-state index is -0.833. The van der Waals surface area contributed by atoms with Crippen LogP contribution in [-0.4, -0.2) is 59.3 Å². The van der Waals surface area contributed by atoms with Crippen molar-refractivity contribution in [2.45, 2.75) is 51.9 Å². The molecule has 0 radical (unpaired) electrons. The highest BCUT2D eigenvalue weighted by Gasteiger charge is 2.09. The summed E-state index contributed by atoms with van der Waals surface area (Å²) in [5.74, 6) is -0.791. The van der Waals surface area contributed by atoms with Gasteiger partial charge in [-0.2, -0.15) is 0 Å². The predicted molar refractivity (Wildman–Crippen MR) is 135 cm³/mol. The van der Waals surface area contributed by atoms with Crippen LogP contribution in [0.2, 0.25) is 0 Å². The Bertz CT molecular complexity index is 844. The molecule has 2 aromatic rings. The normalized spacial score (nSPS) is 11.5. The summed E-state index contributed by atoms with van der Waals surface area (Å²) < 4.78 is 11.2. The van der Waals surface area contributed by atoms with Crippen molar-refractivity contribution >= 4 is 11.7 Å². The number of carboxylic acid groups (broad SMARTS) is 1. The molecule has 0 unspecified atom stereocenters. The molecule has 0 aliphatic rings. The number of rotatable bonds is 16. The fourth-order valence-corrected chi connectivity index (χ4v) is 3.20. The number of nitrogens with two attached hydrogens (primary N) is 1. The average molecular weight is 493 g/mol. The zero-order valence-electron chi connectivity index (χ0n) is 20.5. The van der Waals surface area contributed by atoms with Gasteiger partial charge in [-0.3, -0.25) is 4.79 Å². The molecular formula is C26H40N2O7. The van der Waals surface area contributed by atoms with Crippen molar-refractivity contribution in [3.63, 3.8) is 0 Å². The molecule has 0 fully saturated rings. The van der Waals surface area contributed by atoms with Gasteiger partial charge in [-0.05, 0) is 54.8 Å². The van der Waals surface area contributed by atoms with Gasteiger partial charge in [-0.25, -0.2) is 0 Å². The molecule has 0 amide bonds. The van der Waals surface area contributed by atoms with Crippen molar-refractivity contribution < 1.29 is 34.7 Å². The lowest BCUT2D eigenvalue weighted by molar-refractivity contribution is -0.134. The Kier molecular flexibility index (Phi) is 16.1. The van der Waals surface area contributed by atoms with Crippen molar-refractivity contribution in [1.29, 1.82) is 0 Å². The molecule has 9 nitrogen and oxygen atoms in total. The maximum absolute atomic E-state index is 10.2. The summed E-state index contributed by atoms with van der Waals surface area (Å²) in [5.41, 5.74) is 8.66. The number of phenols is 1. The lowest BCUT2D eigenvalue weighted by Crippen LogP contribution is -2.22. The van der Waals surface area contributed by atoms with Gasteiger partial charge in [0.2, 0.25) is 0 Å². The Balaban J connectivity index is 0.00000142. The number of hydrogen-bond acceptors (Lipinski definition) is 8. The van der Waals surface area contributed by atoms with Crippen molar-refractivity contribution in [1.82, 2.24) is 5.32 Å². The average Bonchev–Trinajstić information content (AvgIpc) is 2.82. The topological polar surface area (TPSA) is 154 Å². The Hall–Kier alpha value is -2.69. The molecule has 2 rings (SSSR count). The molecule has 0 saturated carbocycles. The second-order valence-electron chi connectivity index (χ2n) is 8.11. The van der Waals surface area contributed by atoms with E-state index in [2.05, 4.69) is 5.32 Å². The van der Waals surface area contributed by atoms with Gasteiger partial charge in [-0.1, -0.05) is 31.0 Å². The van der Waals surface area contributed by atoms with Crippen LogP contribution in [-0.2, 0) is 27.5 Å². The van der Waals surface area contributed by atoms with E-state index in [1.165, 1.54) is 6.07 Å². The highest BCUT2D eigenvalue weighted by atomic mass is 16.5. The lowest BCUT2D eigenvalue weighted by Gasteiger charge is -2.14. The second-order valence-corrected chi connectivity index (χ2v) is 8.11. The molecule has 0 heterocycles. The fraction of sp³-hybridized carbons (Fsp3) is 0.500. The van der Waals surface area contributed by atoms with Crippen LogP contribution in [0.15, 0.2) is 42.5 Å². The second kappa shape index (κ2) is 18.6. The molecule has 35 heavy (non-hydrogen) atoms. The number of nitrogen functional groups attached to an aromatic ring is 1. The van der Waals surface area contributed by atoms with Gasteiger partial charge in [0, 0.05) is 31.3 Å². The first-order valence-corrected chi connectivity index (χ1v) is 11.8. The summed E-state index contributed by atoms with van der Waals surface area (Å²) in [6.45, 7) is 4.56. The quantitative estimate of drug-likeness (QED) is 0.153. The number of carboxylic acids is 1. The van der Waals surface area contributed by atoms with E-state index in [1.54, 1.807) is 12.1 Å². The molecule has 9 heteroatoms.